The average molecular weight is 326 g/mol. The molecule has 0 spiro atoms. The summed E-state index contributed by atoms with van der Waals surface area (Å²) in [4.78, 5) is 27.4. The van der Waals surface area contributed by atoms with E-state index < -0.39 is 0 Å². The number of carbonyl (C=O) groups excluding carboxylic acids is 2. The Morgan fingerprint density at radius 2 is 1.62 bits per heavy atom. The molecule has 0 heterocycles. The monoisotopic (exact) mass is 326 g/mol. The second-order valence-corrected chi connectivity index (χ2v) is 5.43. The summed E-state index contributed by atoms with van der Waals surface area (Å²) in [6, 6.07) is 14.8. The number of hydrogen-bond donors (Lipinski definition) is 0. The Bertz CT molecular complexity index is 725. The maximum atomic E-state index is 12.9. The fraction of sp³-hybridized carbons (Fsp3) is 0.158. The molecule has 0 radical (unpaired) electrons. The SMILES string of the molecule is CN(C)C(=O)CN(C(=O)C=Cc1ccc(F)cc1)c1ccccc1. The number of carbonyl (C=O) groups is 2. The first-order valence-electron chi connectivity index (χ1n) is 7.47. The highest BCUT2D eigenvalue weighted by Crippen LogP contribution is 2.15. The minimum absolute atomic E-state index is 0.0520. The molecule has 0 N–H and O–H groups in total. The number of hydrogen-bond acceptors (Lipinski definition) is 2. The van der Waals surface area contributed by atoms with Crippen molar-refractivity contribution in [2.75, 3.05) is 25.5 Å². The first-order chi connectivity index (χ1) is 11.5. The number of anilines is 1. The highest BCUT2D eigenvalue weighted by atomic mass is 19.1. The molecule has 0 unspecified atom stereocenters. The van der Waals surface area contributed by atoms with Gasteiger partial charge in [0, 0.05) is 25.9 Å². The summed E-state index contributed by atoms with van der Waals surface area (Å²) >= 11 is 0. The van der Waals surface area contributed by atoms with E-state index in [-0.39, 0.29) is 24.2 Å². The second kappa shape index (κ2) is 8.06. The van der Waals surface area contributed by atoms with Gasteiger partial charge in [0.1, 0.15) is 12.4 Å². The fourth-order valence-corrected chi connectivity index (χ4v) is 2.01. The summed E-state index contributed by atoms with van der Waals surface area (Å²) in [6.45, 7) is -0.0520. The highest BCUT2D eigenvalue weighted by Gasteiger charge is 2.18. The molecular formula is C19H19FN2O2. The summed E-state index contributed by atoms with van der Waals surface area (Å²) in [6.07, 6.45) is 2.97. The summed E-state index contributed by atoms with van der Waals surface area (Å²) < 4.78 is 12.9. The van der Waals surface area contributed by atoms with Crippen LogP contribution in [0, 0.1) is 5.82 Å². The second-order valence-electron chi connectivity index (χ2n) is 5.43. The van der Waals surface area contributed by atoms with Crippen LogP contribution in [0.3, 0.4) is 0 Å². The van der Waals surface area contributed by atoms with E-state index in [0.29, 0.717) is 11.3 Å². The molecule has 2 amide bonds. The van der Waals surface area contributed by atoms with Crippen molar-refractivity contribution in [2.24, 2.45) is 0 Å². The zero-order valence-electron chi connectivity index (χ0n) is 13.6. The number of likely N-dealkylation sites (N-methyl/N-ethyl adjacent to an activating group) is 1. The lowest BCUT2D eigenvalue weighted by Crippen LogP contribution is -2.39. The van der Waals surface area contributed by atoms with Crippen LogP contribution in [0.25, 0.3) is 6.08 Å². The first-order valence-corrected chi connectivity index (χ1v) is 7.47. The van der Waals surface area contributed by atoms with Gasteiger partial charge in [0.25, 0.3) is 5.91 Å². The van der Waals surface area contributed by atoms with E-state index in [9.17, 15) is 14.0 Å². The van der Waals surface area contributed by atoms with Gasteiger partial charge in [0.2, 0.25) is 5.91 Å². The molecule has 0 saturated carbocycles. The van der Waals surface area contributed by atoms with E-state index in [0.717, 1.165) is 0 Å². The van der Waals surface area contributed by atoms with Crippen LogP contribution in [0.2, 0.25) is 0 Å². The van der Waals surface area contributed by atoms with Crippen LogP contribution in [-0.2, 0) is 9.59 Å². The lowest BCUT2D eigenvalue weighted by molar-refractivity contribution is -0.128. The predicted molar refractivity (Wildman–Crippen MR) is 92.9 cm³/mol. The highest BCUT2D eigenvalue weighted by molar-refractivity contribution is 6.06. The molecular weight excluding hydrogens is 307 g/mol. The normalized spacial score (nSPS) is 10.6. The molecule has 2 aromatic rings. The Hall–Kier alpha value is -2.95. The molecule has 0 fully saturated rings. The molecule has 0 aliphatic carbocycles. The maximum absolute atomic E-state index is 12.9. The van der Waals surface area contributed by atoms with E-state index in [1.165, 1.54) is 28.0 Å². The Kier molecular flexibility index (Phi) is 5.84. The molecule has 24 heavy (non-hydrogen) atoms. The molecule has 0 aromatic heterocycles. The van der Waals surface area contributed by atoms with Crippen LogP contribution in [-0.4, -0.2) is 37.4 Å². The summed E-state index contributed by atoms with van der Waals surface area (Å²) in [5, 5.41) is 0. The van der Waals surface area contributed by atoms with Crippen molar-refractivity contribution in [3.05, 3.63) is 72.1 Å². The first kappa shape index (κ1) is 17.4. The van der Waals surface area contributed by atoms with Crippen LogP contribution in [0.1, 0.15) is 5.56 Å². The maximum Gasteiger partial charge on any atom is 0.251 e. The molecule has 5 heteroatoms. The molecule has 0 saturated heterocycles. The van der Waals surface area contributed by atoms with Crippen molar-refractivity contribution in [1.82, 2.24) is 4.90 Å². The quantitative estimate of drug-likeness (QED) is 0.793. The number of amides is 2. The molecule has 0 aliphatic heterocycles. The molecule has 4 nitrogen and oxygen atoms in total. The van der Waals surface area contributed by atoms with E-state index >= 15 is 0 Å². The Morgan fingerprint density at radius 3 is 2.21 bits per heavy atom. The van der Waals surface area contributed by atoms with Gasteiger partial charge in [-0.25, -0.2) is 4.39 Å². The van der Waals surface area contributed by atoms with Gasteiger partial charge in [-0.05, 0) is 35.9 Å². The van der Waals surface area contributed by atoms with Crippen molar-refractivity contribution in [2.45, 2.75) is 0 Å². The smallest absolute Gasteiger partial charge is 0.251 e. The Morgan fingerprint density at radius 1 is 1.00 bits per heavy atom. The molecule has 2 rings (SSSR count). The van der Waals surface area contributed by atoms with Gasteiger partial charge < -0.3 is 4.90 Å². The number of rotatable bonds is 5. The van der Waals surface area contributed by atoms with E-state index in [1.54, 1.807) is 56.6 Å². The molecule has 0 atom stereocenters. The topological polar surface area (TPSA) is 40.6 Å². The number of para-hydroxylation sites is 1. The van der Waals surface area contributed by atoms with Crippen molar-refractivity contribution in [3.8, 4) is 0 Å². The van der Waals surface area contributed by atoms with Gasteiger partial charge in [-0.3, -0.25) is 14.5 Å². The number of nitrogens with zero attached hydrogens (tertiary/aromatic N) is 2. The molecule has 0 bridgehead atoms. The van der Waals surface area contributed by atoms with Gasteiger partial charge in [-0.1, -0.05) is 30.3 Å². The van der Waals surface area contributed by atoms with Crippen LogP contribution >= 0.6 is 0 Å². The zero-order chi connectivity index (χ0) is 17.5. The van der Waals surface area contributed by atoms with E-state index in [4.69, 9.17) is 0 Å². The minimum atomic E-state index is -0.332. The zero-order valence-corrected chi connectivity index (χ0v) is 13.6. The van der Waals surface area contributed by atoms with Crippen LogP contribution in [0.15, 0.2) is 60.7 Å². The van der Waals surface area contributed by atoms with Crippen molar-refractivity contribution in [3.63, 3.8) is 0 Å². The van der Waals surface area contributed by atoms with Gasteiger partial charge in [0.15, 0.2) is 0 Å². The third-order valence-electron chi connectivity index (χ3n) is 3.41. The molecule has 2 aromatic carbocycles. The van der Waals surface area contributed by atoms with Gasteiger partial charge in [-0.15, -0.1) is 0 Å². The summed E-state index contributed by atoms with van der Waals surface area (Å²) in [7, 11) is 3.29. The van der Waals surface area contributed by atoms with E-state index in [1.807, 2.05) is 6.07 Å². The van der Waals surface area contributed by atoms with E-state index in [2.05, 4.69) is 0 Å². The standard InChI is InChI=1S/C19H19FN2O2/c1-21(2)19(24)14-22(17-6-4-3-5-7-17)18(23)13-10-15-8-11-16(20)12-9-15/h3-13H,14H2,1-2H3. The lowest BCUT2D eigenvalue weighted by Gasteiger charge is -2.22. The van der Waals surface area contributed by atoms with Gasteiger partial charge in [0.05, 0.1) is 0 Å². The van der Waals surface area contributed by atoms with Crippen molar-refractivity contribution >= 4 is 23.6 Å². The van der Waals surface area contributed by atoms with Crippen molar-refractivity contribution in [1.29, 1.82) is 0 Å². The van der Waals surface area contributed by atoms with Crippen LogP contribution in [0.4, 0.5) is 10.1 Å². The summed E-state index contributed by atoms with van der Waals surface area (Å²) in [5.41, 5.74) is 1.35. The van der Waals surface area contributed by atoms with Gasteiger partial charge >= 0.3 is 0 Å². The van der Waals surface area contributed by atoms with Crippen LogP contribution < -0.4 is 4.90 Å². The minimum Gasteiger partial charge on any atom is -0.347 e. The van der Waals surface area contributed by atoms with Crippen LogP contribution in [0.5, 0.6) is 0 Å². The lowest BCUT2D eigenvalue weighted by atomic mass is 10.2. The van der Waals surface area contributed by atoms with Crippen molar-refractivity contribution < 1.29 is 14.0 Å². The number of benzene rings is 2. The third-order valence-corrected chi connectivity index (χ3v) is 3.41. The summed E-state index contributed by atoms with van der Waals surface area (Å²) in [5.74, 6) is -0.830. The largest absolute Gasteiger partial charge is 0.347 e. The average Bonchev–Trinajstić information content (AvgIpc) is 2.59. The Balaban J connectivity index is 2.20. The molecule has 0 aliphatic rings. The third kappa shape index (κ3) is 4.78. The molecule has 124 valence electrons. The van der Waals surface area contributed by atoms with Gasteiger partial charge in [-0.2, -0.15) is 0 Å². The predicted octanol–water partition coefficient (Wildman–Crippen LogP) is 2.96. The fourth-order valence-electron chi connectivity index (χ4n) is 2.01. The Labute approximate surface area is 140 Å². The number of halogens is 1.